The maximum Gasteiger partial charge on any atom is 0.261 e. The average molecular weight is 398 g/mol. The van der Waals surface area contributed by atoms with Crippen molar-refractivity contribution < 1.29 is 9.53 Å². The van der Waals surface area contributed by atoms with E-state index in [4.69, 9.17) is 4.74 Å². The molecule has 0 aliphatic heterocycles. The summed E-state index contributed by atoms with van der Waals surface area (Å²) in [5, 5.41) is 6.10. The Morgan fingerprint density at radius 2 is 1.93 bits per heavy atom. The minimum Gasteiger partial charge on any atom is -0.497 e. The highest BCUT2D eigenvalue weighted by Gasteiger charge is 2.11. The first-order valence-corrected chi connectivity index (χ1v) is 9.64. The number of anilines is 2. The summed E-state index contributed by atoms with van der Waals surface area (Å²) < 4.78 is 5.16. The van der Waals surface area contributed by atoms with E-state index < -0.39 is 0 Å². The van der Waals surface area contributed by atoms with Crippen molar-refractivity contribution in [1.29, 1.82) is 0 Å². The number of hydrogen-bond acceptors (Lipinski definition) is 7. The van der Waals surface area contributed by atoms with Crippen LogP contribution in [-0.2, 0) is 0 Å². The fraction of sp³-hybridized carbons (Fsp3) is 0.250. The van der Waals surface area contributed by atoms with Crippen LogP contribution in [0.5, 0.6) is 5.75 Å². The van der Waals surface area contributed by atoms with E-state index in [1.807, 2.05) is 61.5 Å². The van der Waals surface area contributed by atoms with Crippen LogP contribution in [0.15, 0.2) is 48.7 Å². The molecular weight excluding hydrogens is 374 g/mol. The van der Waals surface area contributed by atoms with Crippen molar-refractivity contribution in [3.8, 4) is 16.3 Å². The van der Waals surface area contributed by atoms with Gasteiger partial charge in [0, 0.05) is 25.0 Å². The molecule has 0 saturated carbocycles. The number of ether oxygens (including phenoxy) is 1. The maximum absolute atomic E-state index is 12.3. The Hall–Kier alpha value is -2.97. The predicted octanol–water partition coefficient (Wildman–Crippen LogP) is 3.25. The largest absolute Gasteiger partial charge is 0.497 e. The minimum absolute atomic E-state index is 0.0660. The van der Waals surface area contributed by atoms with Crippen LogP contribution < -0.4 is 15.4 Å². The number of hydrogen-bond donors (Lipinski definition) is 2. The molecule has 28 heavy (non-hydrogen) atoms. The molecule has 3 rings (SSSR count). The molecule has 3 aromatic rings. The zero-order chi connectivity index (χ0) is 19.9. The van der Waals surface area contributed by atoms with Crippen molar-refractivity contribution in [1.82, 2.24) is 20.2 Å². The normalized spacial score (nSPS) is 10.7. The van der Waals surface area contributed by atoms with Crippen molar-refractivity contribution in [2.75, 3.05) is 39.6 Å². The van der Waals surface area contributed by atoms with Gasteiger partial charge in [-0.3, -0.25) is 4.79 Å². The molecule has 2 N–H and O–H groups in total. The number of rotatable bonds is 8. The van der Waals surface area contributed by atoms with E-state index in [-0.39, 0.29) is 5.91 Å². The number of methoxy groups -OCH3 is 1. The summed E-state index contributed by atoms with van der Waals surface area (Å²) in [5.74, 6) is 1.21. The van der Waals surface area contributed by atoms with Gasteiger partial charge in [0.2, 0.25) is 5.95 Å². The number of benzene rings is 1. The summed E-state index contributed by atoms with van der Waals surface area (Å²) in [6, 6.07) is 13.1. The minimum atomic E-state index is -0.0660. The molecule has 7 nitrogen and oxygen atoms in total. The lowest BCUT2D eigenvalue weighted by molar-refractivity contribution is 0.0955. The molecule has 0 bridgehead atoms. The Bertz CT molecular complexity index is 924. The first-order valence-electron chi connectivity index (χ1n) is 8.82. The van der Waals surface area contributed by atoms with Crippen LogP contribution in [0.1, 0.15) is 9.67 Å². The summed E-state index contributed by atoms with van der Waals surface area (Å²) in [6.45, 7) is 1.42. The molecule has 0 aliphatic carbocycles. The van der Waals surface area contributed by atoms with Gasteiger partial charge in [-0.2, -0.15) is 0 Å². The van der Waals surface area contributed by atoms with Crippen LogP contribution in [-0.4, -0.2) is 55.1 Å². The van der Waals surface area contributed by atoms with Gasteiger partial charge in [0.25, 0.3) is 5.91 Å². The lowest BCUT2D eigenvalue weighted by Crippen LogP contribution is -2.30. The quantitative estimate of drug-likeness (QED) is 0.607. The van der Waals surface area contributed by atoms with E-state index in [1.54, 1.807) is 13.3 Å². The molecule has 0 unspecified atom stereocenters. The van der Waals surface area contributed by atoms with Crippen LogP contribution in [0.25, 0.3) is 10.6 Å². The zero-order valence-electron chi connectivity index (χ0n) is 16.1. The third-order valence-corrected chi connectivity index (χ3v) is 5.04. The van der Waals surface area contributed by atoms with Crippen LogP contribution >= 0.6 is 11.3 Å². The second kappa shape index (κ2) is 9.29. The van der Waals surface area contributed by atoms with Crippen molar-refractivity contribution >= 4 is 28.9 Å². The SMILES string of the molecule is COc1ccc(Nc2nccc(-c3ccc(C(=O)NCCN(C)C)s3)n2)cc1. The van der Waals surface area contributed by atoms with E-state index >= 15 is 0 Å². The van der Waals surface area contributed by atoms with Crippen LogP contribution in [0.3, 0.4) is 0 Å². The van der Waals surface area contributed by atoms with E-state index in [9.17, 15) is 4.79 Å². The van der Waals surface area contributed by atoms with Crippen LogP contribution in [0, 0.1) is 0 Å². The molecule has 0 atom stereocenters. The number of carbonyl (C=O) groups excluding carboxylic acids is 1. The number of thiophene rings is 1. The maximum atomic E-state index is 12.3. The Kier molecular flexibility index (Phi) is 6.57. The Balaban J connectivity index is 1.68. The molecule has 0 spiro atoms. The molecule has 2 aromatic heterocycles. The number of nitrogens with one attached hydrogen (secondary N) is 2. The van der Waals surface area contributed by atoms with Crippen LogP contribution in [0.2, 0.25) is 0 Å². The van der Waals surface area contributed by atoms with E-state index in [1.165, 1.54) is 11.3 Å². The highest BCUT2D eigenvalue weighted by molar-refractivity contribution is 7.17. The summed E-state index contributed by atoms with van der Waals surface area (Å²) >= 11 is 1.41. The zero-order valence-corrected chi connectivity index (χ0v) is 16.9. The molecule has 0 radical (unpaired) electrons. The topological polar surface area (TPSA) is 79.4 Å². The van der Waals surface area contributed by atoms with Gasteiger partial charge >= 0.3 is 0 Å². The lowest BCUT2D eigenvalue weighted by Gasteiger charge is -2.09. The molecule has 146 valence electrons. The van der Waals surface area contributed by atoms with Gasteiger partial charge in [0.05, 0.1) is 22.6 Å². The molecule has 8 heteroatoms. The first-order chi connectivity index (χ1) is 13.5. The van der Waals surface area contributed by atoms with E-state index in [0.29, 0.717) is 17.4 Å². The molecule has 0 aliphatic rings. The lowest BCUT2D eigenvalue weighted by atomic mass is 10.3. The monoisotopic (exact) mass is 397 g/mol. The van der Waals surface area contributed by atoms with Crippen molar-refractivity contribution in [3.63, 3.8) is 0 Å². The highest BCUT2D eigenvalue weighted by Crippen LogP contribution is 2.27. The van der Waals surface area contributed by atoms with Crippen molar-refractivity contribution in [3.05, 3.63) is 53.5 Å². The Morgan fingerprint density at radius 3 is 2.64 bits per heavy atom. The summed E-state index contributed by atoms with van der Waals surface area (Å²) in [5.41, 5.74) is 1.63. The molecule has 1 aromatic carbocycles. The smallest absolute Gasteiger partial charge is 0.261 e. The number of likely N-dealkylation sites (N-methyl/N-ethyl adjacent to an activating group) is 1. The average Bonchev–Trinajstić information content (AvgIpc) is 3.19. The highest BCUT2D eigenvalue weighted by atomic mass is 32.1. The second-order valence-electron chi connectivity index (χ2n) is 6.34. The first kappa shape index (κ1) is 19.8. The van der Waals surface area contributed by atoms with Gasteiger partial charge in [-0.1, -0.05) is 0 Å². The third-order valence-electron chi connectivity index (χ3n) is 3.93. The molecule has 1 amide bonds. The molecule has 0 fully saturated rings. The fourth-order valence-electron chi connectivity index (χ4n) is 2.44. The Morgan fingerprint density at radius 1 is 1.14 bits per heavy atom. The van der Waals surface area contributed by atoms with Gasteiger partial charge in [0.1, 0.15) is 5.75 Å². The molecule has 0 saturated heterocycles. The van der Waals surface area contributed by atoms with Gasteiger partial charge in [-0.15, -0.1) is 11.3 Å². The summed E-state index contributed by atoms with van der Waals surface area (Å²) in [4.78, 5) is 24.7. The van der Waals surface area contributed by atoms with Gasteiger partial charge in [-0.25, -0.2) is 9.97 Å². The van der Waals surface area contributed by atoms with Gasteiger partial charge in [-0.05, 0) is 56.6 Å². The fourth-order valence-corrected chi connectivity index (χ4v) is 3.33. The van der Waals surface area contributed by atoms with E-state index in [0.717, 1.165) is 28.6 Å². The number of nitrogens with zero attached hydrogens (tertiary/aromatic N) is 3. The standard InChI is InChI=1S/C20H23N5O2S/c1-25(2)13-12-21-19(26)18-9-8-17(28-18)16-10-11-22-20(24-16)23-14-4-6-15(27-3)7-5-14/h4-11H,12-13H2,1-3H3,(H,21,26)(H,22,23,24). The van der Waals surface area contributed by atoms with Gasteiger partial charge in [0.15, 0.2) is 0 Å². The number of aromatic nitrogens is 2. The van der Waals surface area contributed by atoms with Gasteiger partial charge < -0.3 is 20.3 Å². The van der Waals surface area contributed by atoms with Crippen molar-refractivity contribution in [2.24, 2.45) is 0 Å². The van der Waals surface area contributed by atoms with Crippen LogP contribution in [0.4, 0.5) is 11.6 Å². The number of amides is 1. The van der Waals surface area contributed by atoms with E-state index in [2.05, 4.69) is 20.6 Å². The molecule has 2 heterocycles. The second-order valence-corrected chi connectivity index (χ2v) is 7.43. The number of carbonyl (C=O) groups is 1. The summed E-state index contributed by atoms with van der Waals surface area (Å²) in [6.07, 6.45) is 1.70. The summed E-state index contributed by atoms with van der Waals surface area (Å²) in [7, 11) is 5.58. The Labute approximate surface area is 168 Å². The molecular formula is C20H23N5O2S. The van der Waals surface area contributed by atoms with Crippen molar-refractivity contribution in [2.45, 2.75) is 0 Å². The third kappa shape index (κ3) is 5.28. The predicted molar refractivity (Wildman–Crippen MR) is 113 cm³/mol.